The smallest absolute Gasteiger partial charge is 0.311 e. The Morgan fingerprint density at radius 1 is 0.620 bits per heavy atom. The Kier molecular flexibility index (Phi) is 12.6. The molecule has 4 aromatic rings. The fourth-order valence-corrected chi connectivity index (χ4v) is 6.82. The van der Waals surface area contributed by atoms with E-state index in [1.807, 2.05) is 12.1 Å². The molecule has 4 unspecified atom stereocenters. The standard InChI is InChI=1S/C42H46N2O6/c1-28-11-13-29(14-12-28)7-3-4-8-30-15-21-33(22-16-30)34-23-17-31(18-24-34)9-5-6-10-32-19-25-35(26-20-32)44-41(47)36-37(40(46)43-2)39(50-27-45)38(36)42(48)49/h11-27,36-39H,3-10H2,1-2H3,(H,43,46)(H,44,47)(H,48,49). The van der Waals surface area contributed by atoms with E-state index in [0.717, 1.165) is 44.1 Å². The number of carboxylic acids is 1. The molecule has 260 valence electrons. The Hall–Kier alpha value is -5.24. The summed E-state index contributed by atoms with van der Waals surface area (Å²) in [5, 5.41) is 14.8. The molecule has 8 heteroatoms. The summed E-state index contributed by atoms with van der Waals surface area (Å²) in [6.45, 7) is 2.23. The van der Waals surface area contributed by atoms with Crippen molar-refractivity contribution >= 4 is 29.9 Å². The molecule has 1 fully saturated rings. The molecule has 1 aliphatic rings. The van der Waals surface area contributed by atoms with E-state index in [0.29, 0.717) is 5.69 Å². The summed E-state index contributed by atoms with van der Waals surface area (Å²) in [5.74, 6) is -6.01. The van der Waals surface area contributed by atoms with Gasteiger partial charge >= 0.3 is 5.97 Å². The molecule has 0 aromatic heterocycles. The maximum Gasteiger partial charge on any atom is 0.311 e. The van der Waals surface area contributed by atoms with E-state index in [1.165, 1.54) is 53.3 Å². The quantitative estimate of drug-likeness (QED) is 0.0822. The van der Waals surface area contributed by atoms with Crippen LogP contribution >= 0.6 is 0 Å². The number of rotatable bonds is 17. The molecule has 0 spiro atoms. The normalized spacial score (nSPS) is 18.0. The highest BCUT2D eigenvalue weighted by Crippen LogP contribution is 2.44. The van der Waals surface area contributed by atoms with Crippen LogP contribution < -0.4 is 10.6 Å². The highest BCUT2D eigenvalue weighted by molar-refractivity contribution is 6.01. The lowest BCUT2D eigenvalue weighted by atomic mass is 9.61. The third-order valence-electron chi connectivity index (χ3n) is 9.78. The van der Waals surface area contributed by atoms with Gasteiger partial charge in [0.1, 0.15) is 12.0 Å². The minimum atomic E-state index is -1.31. The number of hydrogen-bond donors (Lipinski definition) is 3. The highest BCUT2D eigenvalue weighted by Gasteiger charge is 2.62. The van der Waals surface area contributed by atoms with Gasteiger partial charge in [0.15, 0.2) is 0 Å². The molecular formula is C42H46N2O6. The molecule has 0 aliphatic heterocycles. The van der Waals surface area contributed by atoms with Crippen molar-refractivity contribution in [3.8, 4) is 11.1 Å². The average molecular weight is 675 g/mol. The van der Waals surface area contributed by atoms with Gasteiger partial charge in [0.25, 0.3) is 6.47 Å². The molecule has 2 amide bonds. The fraction of sp³-hybridized carbons (Fsp3) is 0.333. The largest absolute Gasteiger partial charge is 0.481 e. The SMILES string of the molecule is CNC(=O)C1C(OC=O)C(C(=O)O)C1C(=O)Nc1ccc(CCCCc2ccc(-c3ccc(CCCCc4ccc(C)cc4)cc3)cc2)cc1. The molecule has 3 N–H and O–H groups in total. The number of nitrogens with one attached hydrogen (secondary N) is 2. The second-order valence-electron chi connectivity index (χ2n) is 13.2. The van der Waals surface area contributed by atoms with Gasteiger partial charge in [-0.3, -0.25) is 19.2 Å². The van der Waals surface area contributed by atoms with Crippen molar-refractivity contribution in [2.75, 3.05) is 12.4 Å². The number of amides is 2. The van der Waals surface area contributed by atoms with Crippen molar-refractivity contribution in [3.05, 3.63) is 125 Å². The number of carbonyl (C=O) groups excluding carboxylic acids is 3. The monoisotopic (exact) mass is 674 g/mol. The van der Waals surface area contributed by atoms with Crippen molar-refractivity contribution in [1.29, 1.82) is 0 Å². The minimum Gasteiger partial charge on any atom is -0.481 e. The number of carboxylic acid groups (broad SMARTS) is 1. The summed E-state index contributed by atoms with van der Waals surface area (Å²) in [4.78, 5) is 48.1. The minimum absolute atomic E-state index is 0.107. The molecule has 0 bridgehead atoms. The molecule has 0 radical (unpaired) electrons. The number of aliphatic carboxylic acids is 1. The average Bonchev–Trinajstić information content (AvgIpc) is 3.12. The molecule has 5 rings (SSSR count). The van der Waals surface area contributed by atoms with Gasteiger partial charge in [0.2, 0.25) is 11.8 Å². The van der Waals surface area contributed by atoms with Crippen LogP contribution in [0.25, 0.3) is 11.1 Å². The third kappa shape index (κ3) is 9.26. The number of benzene rings is 4. The maximum absolute atomic E-state index is 13.0. The summed E-state index contributed by atoms with van der Waals surface area (Å²) in [6, 6.07) is 34.0. The van der Waals surface area contributed by atoms with Gasteiger partial charge in [-0.15, -0.1) is 0 Å². The molecular weight excluding hydrogens is 628 g/mol. The Balaban J connectivity index is 1.03. The molecule has 0 saturated heterocycles. The van der Waals surface area contributed by atoms with Gasteiger partial charge in [0.05, 0.1) is 11.8 Å². The van der Waals surface area contributed by atoms with Crippen LogP contribution in [0.1, 0.15) is 53.5 Å². The second kappa shape index (κ2) is 17.4. The lowest BCUT2D eigenvalue weighted by molar-refractivity contribution is -0.186. The van der Waals surface area contributed by atoms with Gasteiger partial charge in [-0.2, -0.15) is 0 Å². The third-order valence-corrected chi connectivity index (χ3v) is 9.78. The van der Waals surface area contributed by atoms with Crippen LogP contribution in [0.5, 0.6) is 0 Å². The van der Waals surface area contributed by atoms with Crippen LogP contribution in [0, 0.1) is 24.7 Å². The first-order chi connectivity index (χ1) is 24.3. The van der Waals surface area contributed by atoms with Crippen LogP contribution in [0.3, 0.4) is 0 Å². The first-order valence-electron chi connectivity index (χ1n) is 17.4. The van der Waals surface area contributed by atoms with Gasteiger partial charge in [-0.1, -0.05) is 90.5 Å². The van der Waals surface area contributed by atoms with Crippen LogP contribution in [-0.4, -0.2) is 42.5 Å². The summed E-state index contributed by atoms with van der Waals surface area (Å²) in [5.41, 5.74) is 9.50. The topological polar surface area (TPSA) is 122 Å². The molecule has 50 heavy (non-hydrogen) atoms. The van der Waals surface area contributed by atoms with E-state index >= 15 is 0 Å². The Bertz CT molecular complexity index is 1730. The van der Waals surface area contributed by atoms with E-state index in [9.17, 15) is 24.3 Å². The zero-order valence-corrected chi connectivity index (χ0v) is 28.8. The van der Waals surface area contributed by atoms with Crippen molar-refractivity contribution in [2.45, 2.75) is 64.4 Å². The van der Waals surface area contributed by atoms with Gasteiger partial charge in [-0.25, -0.2) is 0 Å². The molecule has 1 saturated carbocycles. The summed E-state index contributed by atoms with van der Waals surface area (Å²) in [6.07, 6.45) is 7.34. The van der Waals surface area contributed by atoms with Crippen molar-refractivity contribution in [3.63, 3.8) is 0 Å². The lowest BCUT2D eigenvalue weighted by Gasteiger charge is -2.45. The number of anilines is 1. The lowest BCUT2D eigenvalue weighted by Crippen LogP contribution is -2.64. The number of ether oxygens (including phenoxy) is 1. The van der Waals surface area contributed by atoms with Gasteiger partial charge < -0.3 is 20.5 Å². The van der Waals surface area contributed by atoms with Gasteiger partial charge in [-0.05, 0) is 104 Å². The van der Waals surface area contributed by atoms with E-state index in [1.54, 1.807) is 12.1 Å². The summed E-state index contributed by atoms with van der Waals surface area (Å²) < 4.78 is 4.86. The Labute approximate surface area is 294 Å². The van der Waals surface area contributed by atoms with Crippen LogP contribution in [0.2, 0.25) is 0 Å². The van der Waals surface area contributed by atoms with Crippen molar-refractivity contribution in [1.82, 2.24) is 5.32 Å². The second-order valence-corrected chi connectivity index (χ2v) is 13.2. The Morgan fingerprint density at radius 2 is 1.04 bits per heavy atom. The number of aryl methyl sites for hydroxylation is 5. The predicted octanol–water partition coefficient (Wildman–Crippen LogP) is 6.97. The first kappa shape index (κ1) is 36.1. The zero-order chi connectivity index (χ0) is 35.5. The van der Waals surface area contributed by atoms with E-state index in [4.69, 9.17) is 4.74 Å². The van der Waals surface area contributed by atoms with Crippen molar-refractivity contribution < 1.29 is 29.0 Å². The van der Waals surface area contributed by atoms with Crippen molar-refractivity contribution in [2.24, 2.45) is 17.8 Å². The highest BCUT2D eigenvalue weighted by atomic mass is 16.5. The van der Waals surface area contributed by atoms with Crippen LogP contribution in [-0.2, 0) is 49.6 Å². The predicted molar refractivity (Wildman–Crippen MR) is 195 cm³/mol. The zero-order valence-electron chi connectivity index (χ0n) is 28.8. The van der Waals surface area contributed by atoms with Crippen LogP contribution in [0.15, 0.2) is 97.1 Å². The molecule has 8 nitrogen and oxygen atoms in total. The van der Waals surface area contributed by atoms with E-state index in [-0.39, 0.29) is 6.47 Å². The number of hydrogen-bond acceptors (Lipinski definition) is 5. The molecule has 4 atom stereocenters. The van der Waals surface area contributed by atoms with E-state index < -0.39 is 41.6 Å². The summed E-state index contributed by atoms with van der Waals surface area (Å²) >= 11 is 0. The van der Waals surface area contributed by atoms with E-state index in [2.05, 4.69) is 90.4 Å². The number of unbranched alkanes of at least 4 members (excludes halogenated alkanes) is 2. The summed E-state index contributed by atoms with van der Waals surface area (Å²) in [7, 11) is 1.38. The maximum atomic E-state index is 13.0. The fourth-order valence-electron chi connectivity index (χ4n) is 6.82. The Morgan fingerprint density at radius 3 is 1.44 bits per heavy atom. The molecule has 0 heterocycles. The molecule has 1 aliphatic carbocycles. The molecule has 4 aromatic carbocycles. The first-order valence-corrected chi connectivity index (χ1v) is 17.4. The van der Waals surface area contributed by atoms with Gasteiger partial charge in [0, 0.05) is 12.7 Å². The number of carbonyl (C=O) groups is 4. The van der Waals surface area contributed by atoms with Crippen LogP contribution in [0.4, 0.5) is 5.69 Å².